The van der Waals surface area contributed by atoms with E-state index in [9.17, 15) is 9.90 Å². The van der Waals surface area contributed by atoms with E-state index in [0.29, 0.717) is 30.8 Å². The van der Waals surface area contributed by atoms with Crippen LogP contribution in [0, 0.1) is 0 Å². The van der Waals surface area contributed by atoms with Crippen molar-refractivity contribution in [2.45, 2.75) is 0 Å². The predicted octanol–water partition coefficient (Wildman–Crippen LogP) is 5.73. The number of rotatable bonds is 2. The number of hydrogen-bond acceptors (Lipinski definition) is 3. The van der Waals surface area contributed by atoms with E-state index >= 15 is 0 Å². The molecule has 0 aliphatic rings. The summed E-state index contributed by atoms with van der Waals surface area (Å²) in [5.74, 6) is -1.01. The first-order valence-electron chi connectivity index (χ1n) is 5.74. The van der Waals surface area contributed by atoms with Crippen molar-refractivity contribution in [3.05, 3.63) is 49.0 Å². The fraction of sp³-hybridized carbons (Fsp3) is 0. The van der Waals surface area contributed by atoms with Crippen molar-refractivity contribution in [2.24, 2.45) is 0 Å². The van der Waals surface area contributed by atoms with Crippen LogP contribution in [0.2, 0.25) is 8.67 Å². The van der Waals surface area contributed by atoms with Crippen LogP contribution in [0.25, 0.3) is 22.2 Å². The molecule has 2 aromatic heterocycles. The van der Waals surface area contributed by atoms with Gasteiger partial charge in [0.2, 0.25) is 0 Å². The van der Waals surface area contributed by atoms with Crippen molar-refractivity contribution in [3.63, 3.8) is 0 Å². The number of pyridine rings is 1. The highest BCUT2D eigenvalue weighted by Crippen LogP contribution is 2.38. The smallest absolute Gasteiger partial charge is 0.336 e. The van der Waals surface area contributed by atoms with Gasteiger partial charge in [-0.05, 0) is 24.3 Å². The highest BCUT2D eigenvalue weighted by molar-refractivity contribution is 9.10. The molecular formula is C14H6BrCl2NO2S. The minimum Gasteiger partial charge on any atom is -0.478 e. The molecule has 0 saturated heterocycles. The molecule has 3 nitrogen and oxygen atoms in total. The van der Waals surface area contributed by atoms with Gasteiger partial charge < -0.3 is 5.11 Å². The van der Waals surface area contributed by atoms with Crippen molar-refractivity contribution in [1.82, 2.24) is 4.98 Å². The number of fused-ring (bicyclic) bond motifs is 1. The zero-order chi connectivity index (χ0) is 15.1. The summed E-state index contributed by atoms with van der Waals surface area (Å²) in [5.41, 5.74) is 1.89. The number of aromatic carboxylic acids is 1. The number of hydrogen-bond donors (Lipinski definition) is 1. The number of carbonyl (C=O) groups is 1. The van der Waals surface area contributed by atoms with E-state index in [2.05, 4.69) is 20.9 Å². The summed E-state index contributed by atoms with van der Waals surface area (Å²) in [6, 6.07) is 8.48. The van der Waals surface area contributed by atoms with Crippen molar-refractivity contribution >= 4 is 67.3 Å². The minimum absolute atomic E-state index is 0.181. The maximum Gasteiger partial charge on any atom is 0.336 e. The van der Waals surface area contributed by atoms with E-state index in [1.807, 2.05) is 0 Å². The summed E-state index contributed by atoms with van der Waals surface area (Å²) in [4.78, 5) is 16.0. The Kier molecular flexibility index (Phi) is 3.92. The predicted molar refractivity (Wildman–Crippen MR) is 89.7 cm³/mol. The van der Waals surface area contributed by atoms with Gasteiger partial charge in [0, 0.05) is 15.4 Å². The molecule has 0 spiro atoms. The van der Waals surface area contributed by atoms with Crippen LogP contribution in [0.4, 0.5) is 0 Å². The van der Waals surface area contributed by atoms with Gasteiger partial charge in [-0.3, -0.25) is 0 Å². The standard InChI is InChI=1S/C14H6BrCl2NO2S/c15-6-1-2-7-8(14(19)20)4-11(18-10(7)3-6)9-5-12(16)21-13(9)17/h1-5H,(H,19,20). The Morgan fingerprint density at radius 1 is 1.24 bits per heavy atom. The van der Waals surface area contributed by atoms with Crippen LogP contribution < -0.4 is 0 Å². The van der Waals surface area contributed by atoms with Crippen LogP contribution in [-0.4, -0.2) is 16.1 Å². The molecule has 1 aromatic carbocycles. The Balaban J connectivity index is 2.34. The molecule has 3 aromatic rings. The maximum atomic E-state index is 11.5. The van der Waals surface area contributed by atoms with Crippen molar-refractivity contribution in [2.75, 3.05) is 0 Å². The average molecular weight is 403 g/mol. The number of nitrogens with zero attached hydrogens (tertiary/aromatic N) is 1. The summed E-state index contributed by atoms with van der Waals surface area (Å²) in [6.07, 6.45) is 0. The fourth-order valence-electron chi connectivity index (χ4n) is 2.03. The third-order valence-corrected chi connectivity index (χ3v) is 4.92. The number of benzene rings is 1. The molecule has 3 rings (SSSR count). The fourth-order valence-corrected chi connectivity index (χ4v) is 3.86. The maximum absolute atomic E-state index is 11.5. The molecule has 7 heteroatoms. The first-order chi connectivity index (χ1) is 9.95. The Morgan fingerprint density at radius 2 is 2.00 bits per heavy atom. The second-order valence-electron chi connectivity index (χ2n) is 4.26. The van der Waals surface area contributed by atoms with Crippen molar-refractivity contribution in [1.29, 1.82) is 0 Å². The van der Waals surface area contributed by atoms with Gasteiger partial charge in [-0.1, -0.05) is 45.2 Å². The highest BCUT2D eigenvalue weighted by Gasteiger charge is 2.16. The highest BCUT2D eigenvalue weighted by atomic mass is 79.9. The number of halogens is 3. The second-order valence-corrected chi connectivity index (χ2v) is 7.46. The summed E-state index contributed by atoms with van der Waals surface area (Å²) in [5, 5.41) is 9.98. The molecule has 0 aliphatic carbocycles. The van der Waals surface area contributed by atoms with Crippen molar-refractivity contribution < 1.29 is 9.90 Å². The molecule has 0 fully saturated rings. The molecule has 0 radical (unpaired) electrons. The molecule has 0 saturated carbocycles. The topological polar surface area (TPSA) is 50.2 Å². The van der Waals surface area contributed by atoms with Crippen LogP contribution in [0.1, 0.15) is 10.4 Å². The summed E-state index contributed by atoms with van der Waals surface area (Å²) in [7, 11) is 0. The minimum atomic E-state index is -1.01. The number of carboxylic acids is 1. The number of carboxylic acid groups (broad SMARTS) is 1. The second kappa shape index (κ2) is 5.57. The SMILES string of the molecule is O=C(O)c1cc(-c2cc(Cl)sc2Cl)nc2cc(Br)ccc12. The van der Waals surface area contributed by atoms with Crippen LogP contribution in [0.3, 0.4) is 0 Å². The molecule has 0 atom stereocenters. The Labute approximate surface area is 142 Å². The molecule has 0 aliphatic heterocycles. The molecule has 0 bridgehead atoms. The van der Waals surface area contributed by atoms with Gasteiger partial charge in [0.1, 0.15) is 4.34 Å². The van der Waals surface area contributed by atoms with E-state index in [1.165, 1.54) is 17.4 Å². The van der Waals surface area contributed by atoms with Gasteiger partial charge in [0.25, 0.3) is 0 Å². The number of thiophene rings is 1. The molecule has 1 N–H and O–H groups in total. The van der Waals surface area contributed by atoms with E-state index in [1.54, 1.807) is 24.3 Å². The Morgan fingerprint density at radius 3 is 2.62 bits per heavy atom. The van der Waals surface area contributed by atoms with Crippen molar-refractivity contribution in [3.8, 4) is 11.3 Å². The average Bonchev–Trinajstić information content (AvgIpc) is 2.75. The van der Waals surface area contributed by atoms with E-state index in [4.69, 9.17) is 23.2 Å². The van der Waals surface area contributed by atoms with Crippen LogP contribution in [-0.2, 0) is 0 Å². The zero-order valence-electron chi connectivity index (χ0n) is 10.2. The van der Waals surface area contributed by atoms with Gasteiger partial charge >= 0.3 is 5.97 Å². The van der Waals surface area contributed by atoms with E-state index < -0.39 is 5.97 Å². The quantitative estimate of drug-likeness (QED) is 0.595. The largest absolute Gasteiger partial charge is 0.478 e. The van der Waals surface area contributed by atoms with Gasteiger partial charge in [0.15, 0.2) is 0 Å². The van der Waals surface area contributed by atoms with Crippen LogP contribution >= 0.6 is 50.5 Å². The monoisotopic (exact) mass is 401 g/mol. The lowest BCUT2D eigenvalue weighted by Crippen LogP contribution is -2.00. The molecule has 106 valence electrons. The summed E-state index contributed by atoms with van der Waals surface area (Å²) in [6.45, 7) is 0. The van der Waals surface area contributed by atoms with E-state index in [-0.39, 0.29) is 5.56 Å². The van der Waals surface area contributed by atoms with Gasteiger partial charge in [0.05, 0.1) is 21.1 Å². The lowest BCUT2D eigenvalue weighted by molar-refractivity contribution is 0.0699. The van der Waals surface area contributed by atoms with Gasteiger partial charge in [-0.25, -0.2) is 9.78 Å². The molecule has 21 heavy (non-hydrogen) atoms. The third-order valence-electron chi connectivity index (χ3n) is 2.93. The van der Waals surface area contributed by atoms with Gasteiger partial charge in [-0.2, -0.15) is 0 Å². The van der Waals surface area contributed by atoms with Crippen LogP contribution in [0.5, 0.6) is 0 Å². The number of aromatic nitrogens is 1. The molecule has 0 amide bonds. The zero-order valence-corrected chi connectivity index (χ0v) is 14.1. The normalized spacial score (nSPS) is 11.0. The summed E-state index contributed by atoms with van der Waals surface area (Å²) < 4.78 is 1.84. The third kappa shape index (κ3) is 2.79. The first kappa shape index (κ1) is 14.8. The molecular weight excluding hydrogens is 397 g/mol. The lowest BCUT2D eigenvalue weighted by Gasteiger charge is -2.07. The summed E-state index contributed by atoms with van der Waals surface area (Å²) >= 11 is 16.7. The molecule has 2 heterocycles. The van der Waals surface area contributed by atoms with Crippen LogP contribution in [0.15, 0.2) is 34.8 Å². The first-order valence-corrected chi connectivity index (χ1v) is 8.11. The Hall–Kier alpha value is -1.14. The lowest BCUT2D eigenvalue weighted by atomic mass is 10.1. The van der Waals surface area contributed by atoms with Gasteiger partial charge in [-0.15, -0.1) is 11.3 Å². The Bertz CT molecular complexity index is 879. The van der Waals surface area contributed by atoms with E-state index in [0.717, 1.165) is 4.47 Å². The molecule has 0 unspecified atom stereocenters.